The average molecular weight is 491 g/mol. The van der Waals surface area contributed by atoms with Crippen LogP contribution in [-0.4, -0.2) is 0 Å². The molecular weight excluding hydrogens is 464 g/mol. The van der Waals surface area contributed by atoms with E-state index in [0.717, 1.165) is 11.3 Å². The first-order valence-corrected chi connectivity index (χ1v) is 12.9. The van der Waals surface area contributed by atoms with Gasteiger partial charge in [0.2, 0.25) is 0 Å². The number of hydrogen-bond acceptors (Lipinski definition) is 3. The summed E-state index contributed by atoms with van der Waals surface area (Å²) >= 11 is 0. The van der Waals surface area contributed by atoms with E-state index in [4.69, 9.17) is 4.84 Å². The molecule has 0 bridgehead atoms. The molecule has 38 heavy (non-hydrogen) atoms. The van der Waals surface area contributed by atoms with Crippen molar-refractivity contribution in [3.63, 3.8) is 0 Å². The predicted molar refractivity (Wildman–Crippen MR) is 158 cm³/mol. The van der Waals surface area contributed by atoms with E-state index in [2.05, 4.69) is 128 Å². The largest absolute Gasteiger partial charge is 0.366 e. The Kier molecular flexibility index (Phi) is 5.33. The molecule has 1 heterocycles. The third kappa shape index (κ3) is 3.77. The first-order chi connectivity index (χ1) is 18.8. The summed E-state index contributed by atoms with van der Waals surface area (Å²) in [5.41, 5.74) is 12.6. The lowest BCUT2D eigenvalue weighted by Crippen LogP contribution is -2.27. The minimum atomic E-state index is 0.943. The Bertz CT molecular complexity index is 1850. The SMILES string of the molecule is Cc1cccc(-c2ccc(-c3ccc(-c4cccc(N5NC=CO5)c4)c4ccccc34)c3ccccc23)c1. The van der Waals surface area contributed by atoms with Crippen LogP contribution in [0.4, 0.5) is 5.69 Å². The van der Waals surface area contributed by atoms with E-state index in [-0.39, 0.29) is 0 Å². The lowest BCUT2D eigenvalue weighted by molar-refractivity contribution is 0.221. The second-order valence-electron chi connectivity index (χ2n) is 9.66. The number of fused-ring (bicyclic) bond motifs is 2. The molecule has 0 saturated heterocycles. The second kappa shape index (κ2) is 9.13. The molecule has 0 spiro atoms. The van der Waals surface area contributed by atoms with E-state index in [0.29, 0.717) is 0 Å². The van der Waals surface area contributed by atoms with Gasteiger partial charge in [-0.2, -0.15) is 0 Å². The molecule has 0 saturated carbocycles. The molecule has 3 nitrogen and oxygen atoms in total. The summed E-state index contributed by atoms with van der Waals surface area (Å²) in [6.45, 7) is 2.15. The highest BCUT2D eigenvalue weighted by Crippen LogP contribution is 2.41. The fraction of sp³-hybridized carbons (Fsp3) is 0.0286. The van der Waals surface area contributed by atoms with Gasteiger partial charge in [-0.25, -0.2) is 0 Å². The summed E-state index contributed by atoms with van der Waals surface area (Å²) in [5, 5.41) is 6.64. The highest BCUT2D eigenvalue weighted by molar-refractivity contribution is 6.12. The lowest BCUT2D eigenvalue weighted by Gasteiger charge is -2.18. The number of nitrogens with one attached hydrogen (secondary N) is 1. The van der Waals surface area contributed by atoms with Gasteiger partial charge >= 0.3 is 0 Å². The highest BCUT2D eigenvalue weighted by atomic mass is 16.7. The van der Waals surface area contributed by atoms with Crippen LogP contribution in [0.15, 0.2) is 134 Å². The highest BCUT2D eigenvalue weighted by Gasteiger charge is 2.15. The number of rotatable bonds is 4. The lowest BCUT2D eigenvalue weighted by atomic mass is 9.88. The van der Waals surface area contributed by atoms with Gasteiger partial charge in [-0.1, -0.05) is 115 Å². The number of hydrazine groups is 1. The van der Waals surface area contributed by atoms with E-state index < -0.39 is 0 Å². The van der Waals surface area contributed by atoms with Crippen LogP contribution in [0.5, 0.6) is 0 Å². The number of anilines is 1. The van der Waals surface area contributed by atoms with E-state index in [1.54, 1.807) is 17.6 Å². The van der Waals surface area contributed by atoms with Gasteiger partial charge in [-0.15, -0.1) is 5.17 Å². The Hall–Kier alpha value is -5.02. The van der Waals surface area contributed by atoms with Crippen molar-refractivity contribution in [2.75, 3.05) is 5.17 Å². The van der Waals surface area contributed by atoms with Gasteiger partial charge in [0.25, 0.3) is 0 Å². The Morgan fingerprint density at radius 2 is 1.05 bits per heavy atom. The van der Waals surface area contributed by atoms with Crippen LogP contribution in [-0.2, 0) is 4.84 Å². The topological polar surface area (TPSA) is 24.5 Å². The zero-order valence-electron chi connectivity index (χ0n) is 21.1. The molecule has 0 aromatic heterocycles. The summed E-state index contributed by atoms with van der Waals surface area (Å²) in [6, 6.07) is 43.7. The van der Waals surface area contributed by atoms with Crippen LogP contribution in [0.3, 0.4) is 0 Å². The molecule has 3 heteroatoms. The molecule has 0 aliphatic carbocycles. The first-order valence-electron chi connectivity index (χ1n) is 12.9. The van der Waals surface area contributed by atoms with Crippen molar-refractivity contribution in [2.24, 2.45) is 0 Å². The molecule has 0 radical (unpaired) electrons. The smallest absolute Gasteiger partial charge is 0.139 e. The van der Waals surface area contributed by atoms with Crippen molar-refractivity contribution in [1.82, 2.24) is 5.43 Å². The summed E-state index contributed by atoms with van der Waals surface area (Å²) in [7, 11) is 0. The predicted octanol–water partition coefficient (Wildman–Crippen LogP) is 9.03. The molecule has 1 aliphatic heterocycles. The summed E-state index contributed by atoms with van der Waals surface area (Å²) in [5.74, 6) is 0. The van der Waals surface area contributed by atoms with Gasteiger partial charge < -0.3 is 4.84 Å². The fourth-order valence-electron chi connectivity index (χ4n) is 5.54. The molecule has 1 aliphatic rings. The van der Waals surface area contributed by atoms with E-state index >= 15 is 0 Å². The molecule has 6 aromatic rings. The van der Waals surface area contributed by atoms with Crippen LogP contribution in [0.2, 0.25) is 0 Å². The summed E-state index contributed by atoms with van der Waals surface area (Å²) in [4.78, 5) is 5.52. The Morgan fingerprint density at radius 1 is 0.526 bits per heavy atom. The fourth-order valence-corrected chi connectivity index (χ4v) is 5.54. The van der Waals surface area contributed by atoms with Crippen molar-refractivity contribution in [2.45, 2.75) is 6.92 Å². The number of nitrogens with zero attached hydrogens (tertiary/aromatic N) is 1. The third-order valence-corrected chi connectivity index (χ3v) is 7.29. The standard InChI is InChI=1S/C35H26N2O/c1-24-8-6-9-25(22-24)28-16-18-34(32-14-4-2-12-30(28)32)35-19-17-29(31-13-3-5-15-33(31)35)26-10-7-11-27(23-26)37-36-20-21-38-37/h2-23,36H,1H3. The summed E-state index contributed by atoms with van der Waals surface area (Å²) < 4.78 is 0. The molecule has 0 amide bonds. The Morgan fingerprint density at radius 3 is 1.61 bits per heavy atom. The van der Waals surface area contributed by atoms with Gasteiger partial charge in [0, 0.05) is 0 Å². The minimum Gasteiger partial charge on any atom is -0.366 e. The molecule has 0 fully saturated rings. The van der Waals surface area contributed by atoms with E-state index in [1.807, 2.05) is 6.07 Å². The maximum absolute atomic E-state index is 5.52. The quantitative estimate of drug-likeness (QED) is 0.267. The average Bonchev–Trinajstić information content (AvgIpc) is 3.52. The maximum atomic E-state index is 5.52. The molecular formula is C35H26N2O. The van der Waals surface area contributed by atoms with Crippen LogP contribution >= 0.6 is 0 Å². The van der Waals surface area contributed by atoms with Crippen molar-refractivity contribution < 1.29 is 4.84 Å². The van der Waals surface area contributed by atoms with Crippen molar-refractivity contribution >= 4 is 27.2 Å². The molecule has 0 atom stereocenters. The normalized spacial score (nSPS) is 12.6. The van der Waals surface area contributed by atoms with Crippen molar-refractivity contribution in [3.05, 3.63) is 139 Å². The number of aryl methyl sites for hydroxylation is 1. The van der Waals surface area contributed by atoms with Gasteiger partial charge in [-0.3, -0.25) is 5.43 Å². The van der Waals surface area contributed by atoms with Crippen LogP contribution in [0, 0.1) is 6.92 Å². The minimum absolute atomic E-state index is 0.943. The number of benzene rings is 6. The maximum Gasteiger partial charge on any atom is 0.139 e. The third-order valence-electron chi connectivity index (χ3n) is 7.29. The van der Waals surface area contributed by atoms with Gasteiger partial charge in [0.05, 0.1) is 11.9 Å². The zero-order chi connectivity index (χ0) is 25.5. The first kappa shape index (κ1) is 22.2. The van der Waals surface area contributed by atoms with Gasteiger partial charge in [-0.05, 0) is 74.0 Å². The van der Waals surface area contributed by atoms with E-state index in [9.17, 15) is 0 Å². The van der Waals surface area contributed by atoms with Gasteiger partial charge in [0.15, 0.2) is 0 Å². The summed E-state index contributed by atoms with van der Waals surface area (Å²) in [6.07, 6.45) is 3.40. The zero-order valence-corrected chi connectivity index (χ0v) is 21.1. The monoisotopic (exact) mass is 490 g/mol. The van der Waals surface area contributed by atoms with Crippen LogP contribution in [0.25, 0.3) is 54.9 Å². The molecule has 7 rings (SSSR count). The Labute approximate surface area is 222 Å². The van der Waals surface area contributed by atoms with E-state index in [1.165, 1.54) is 54.9 Å². The Balaban J connectivity index is 1.40. The second-order valence-corrected chi connectivity index (χ2v) is 9.66. The van der Waals surface area contributed by atoms with Crippen molar-refractivity contribution in [1.29, 1.82) is 0 Å². The molecule has 182 valence electrons. The van der Waals surface area contributed by atoms with Crippen LogP contribution in [0.1, 0.15) is 5.56 Å². The molecule has 1 N–H and O–H groups in total. The molecule has 0 unspecified atom stereocenters. The molecule has 6 aromatic carbocycles. The van der Waals surface area contributed by atoms with Crippen molar-refractivity contribution in [3.8, 4) is 33.4 Å². The van der Waals surface area contributed by atoms with Gasteiger partial charge in [0.1, 0.15) is 6.26 Å². The number of hydrogen-bond donors (Lipinski definition) is 1. The van der Waals surface area contributed by atoms with Crippen LogP contribution < -0.4 is 10.6 Å².